The van der Waals surface area contributed by atoms with Gasteiger partial charge in [0.15, 0.2) is 11.7 Å². The van der Waals surface area contributed by atoms with E-state index >= 15 is 0 Å². The van der Waals surface area contributed by atoms with Crippen LogP contribution in [0.4, 0.5) is 0 Å². The lowest BCUT2D eigenvalue weighted by Crippen LogP contribution is -2.57. The summed E-state index contributed by atoms with van der Waals surface area (Å²) in [4.78, 5) is 8.38. The highest BCUT2D eigenvalue weighted by atomic mass is 33.7. The van der Waals surface area contributed by atoms with Crippen LogP contribution in [0.1, 0.15) is 26.7 Å². The van der Waals surface area contributed by atoms with Crippen molar-refractivity contribution in [3.63, 3.8) is 0 Å². The van der Waals surface area contributed by atoms with Crippen LogP contribution in [0, 0.1) is 0 Å². The van der Waals surface area contributed by atoms with Gasteiger partial charge in [-0.1, -0.05) is 21.6 Å². The number of hydrogen-bond acceptors (Lipinski definition) is 12. The highest BCUT2D eigenvalue weighted by Gasteiger charge is 2.35. The van der Waals surface area contributed by atoms with Gasteiger partial charge in [-0.05, 0) is 115 Å². The zero-order valence-corrected chi connectivity index (χ0v) is 29.0. The molecule has 8 nitrogen and oxygen atoms in total. The Balaban J connectivity index is 4.03. The number of rotatable bonds is 21. The molecule has 0 spiro atoms. The quantitative estimate of drug-likeness (QED) is 0.0841. The highest BCUT2D eigenvalue weighted by Crippen LogP contribution is 2.43. The molecule has 2 unspecified atom stereocenters. The Bertz CT molecular complexity index is 469. The van der Waals surface area contributed by atoms with Gasteiger partial charge >= 0.3 is 18.6 Å². The first-order valence-corrected chi connectivity index (χ1v) is 20.2. The second kappa shape index (κ2) is 18.7. The molecular formula is C20H50N4O4S4Si2. The zero-order chi connectivity index (χ0) is 26.4. The van der Waals surface area contributed by atoms with E-state index in [4.69, 9.17) is 17.7 Å². The van der Waals surface area contributed by atoms with Gasteiger partial charge in [0.1, 0.15) is 0 Å². The lowest BCUT2D eigenvalue weighted by molar-refractivity contribution is -0.156. The average molecular weight is 595 g/mol. The van der Waals surface area contributed by atoms with E-state index in [9.17, 15) is 0 Å². The van der Waals surface area contributed by atoms with Crippen molar-refractivity contribution in [3.05, 3.63) is 0 Å². The summed E-state index contributed by atoms with van der Waals surface area (Å²) in [6, 6.07) is 2.03. The van der Waals surface area contributed by atoms with Crippen molar-refractivity contribution >= 4 is 59.8 Å². The first kappa shape index (κ1) is 35.5. The first-order chi connectivity index (χ1) is 15.8. The number of nitrogens with zero attached hydrogens (tertiary/aromatic N) is 4. The molecule has 0 rings (SSSR count). The molecule has 0 aliphatic carbocycles. The Morgan fingerprint density at radius 3 is 1.12 bits per heavy atom. The maximum Gasteiger partial charge on any atom is 0.323 e. The van der Waals surface area contributed by atoms with Crippen LogP contribution >= 0.6 is 41.2 Å². The monoisotopic (exact) mass is 594 g/mol. The minimum atomic E-state index is -1.71. The molecule has 2 atom stereocenters. The van der Waals surface area contributed by atoms with Crippen molar-refractivity contribution in [2.75, 3.05) is 82.1 Å². The van der Waals surface area contributed by atoms with Crippen LogP contribution < -0.4 is 0 Å². The van der Waals surface area contributed by atoms with Gasteiger partial charge in [-0.15, -0.1) is 0 Å². The third-order valence-electron chi connectivity index (χ3n) is 6.01. The van der Waals surface area contributed by atoms with Crippen LogP contribution in [-0.4, -0.2) is 132 Å². The summed E-state index contributed by atoms with van der Waals surface area (Å²) in [6.45, 7) is 4.19. The molecule has 0 aromatic carbocycles. The smallest absolute Gasteiger partial charge is 0.323 e. The average Bonchev–Trinajstić information content (AvgIpc) is 2.77. The fraction of sp³-hybridized carbons (Fsp3) is 1.00. The third kappa shape index (κ3) is 12.8. The van der Waals surface area contributed by atoms with Crippen LogP contribution in [0.15, 0.2) is 0 Å². The molecule has 0 saturated heterocycles. The van der Waals surface area contributed by atoms with E-state index in [0.29, 0.717) is 0 Å². The lowest BCUT2D eigenvalue weighted by Gasteiger charge is -2.43. The summed E-state index contributed by atoms with van der Waals surface area (Å²) in [5, 5.41) is 0. The summed E-state index contributed by atoms with van der Waals surface area (Å²) in [5.41, 5.74) is 0. The maximum absolute atomic E-state index is 6.39. The molecule has 0 amide bonds. The van der Waals surface area contributed by atoms with E-state index in [-0.39, 0.29) is 0 Å². The van der Waals surface area contributed by atoms with Gasteiger partial charge in [0.25, 0.3) is 0 Å². The largest absolute Gasteiger partial charge is 0.400 e. The van der Waals surface area contributed by atoms with E-state index in [1.807, 2.05) is 97.6 Å². The topological polar surface area (TPSA) is 49.9 Å². The molecular weight excluding hydrogens is 545 g/mol. The van der Waals surface area contributed by atoms with E-state index in [0.717, 1.165) is 36.4 Å². The second-order valence-electron chi connectivity index (χ2n) is 9.08. The molecule has 0 aromatic rings. The minimum absolute atomic E-state index is 0.436. The molecule has 0 heterocycles. The van der Waals surface area contributed by atoms with Crippen LogP contribution in [-0.2, 0) is 17.7 Å². The van der Waals surface area contributed by atoms with E-state index in [1.54, 1.807) is 14.2 Å². The number of hydrogen-bond donors (Lipinski definition) is 0. The fourth-order valence-corrected chi connectivity index (χ4v) is 13.5. The van der Waals surface area contributed by atoms with Crippen molar-refractivity contribution in [1.29, 1.82) is 0 Å². The molecule has 0 aromatic heterocycles. The molecule has 0 aliphatic rings. The Morgan fingerprint density at radius 2 is 0.882 bits per heavy atom. The summed E-state index contributed by atoms with van der Waals surface area (Å²) in [7, 11) is 24.0. The molecule has 0 aliphatic heterocycles. The second-order valence-corrected chi connectivity index (χ2v) is 19.6. The standard InChI is InChI=1S/C20H50N4O4S4Si2/c1-19(21(3)4,22(5)6)27-33(25-11)17-13-15-29-31-32-30-16-14-18-34(26-12)28-20(2,23(7)8)24(9)10/h33-34H,13-18H2,1-12H3. The molecule has 0 radical (unpaired) electrons. The predicted octanol–water partition coefficient (Wildman–Crippen LogP) is 3.81. The van der Waals surface area contributed by atoms with Crippen LogP contribution in [0.25, 0.3) is 0 Å². The molecule has 34 heavy (non-hydrogen) atoms. The molecule has 0 fully saturated rings. The van der Waals surface area contributed by atoms with Crippen LogP contribution in [0.5, 0.6) is 0 Å². The molecule has 0 bridgehead atoms. The van der Waals surface area contributed by atoms with Crippen molar-refractivity contribution in [1.82, 2.24) is 19.6 Å². The van der Waals surface area contributed by atoms with Gasteiger partial charge < -0.3 is 17.7 Å². The Labute approximate surface area is 228 Å². The maximum atomic E-state index is 6.39. The minimum Gasteiger partial charge on any atom is -0.400 e. The molecule has 0 N–H and O–H groups in total. The summed E-state index contributed by atoms with van der Waals surface area (Å²) in [5.74, 6) is 1.34. The normalized spacial score (nSPS) is 15.2. The van der Waals surface area contributed by atoms with Crippen molar-refractivity contribution in [2.24, 2.45) is 0 Å². The van der Waals surface area contributed by atoms with Gasteiger partial charge in [0.05, 0.1) is 0 Å². The zero-order valence-electron chi connectivity index (χ0n) is 23.5. The van der Waals surface area contributed by atoms with E-state index in [2.05, 4.69) is 33.4 Å². The van der Waals surface area contributed by atoms with Crippen molar-refractivity contribution in [2.45, 2.75) is 50.5 Å². The summed E-state index contributed by atoms with van der Waals surface area (Å²) in [6.07, 6.45) is 2.22. The SMILES string of the molecule is CO[SiH](CCCSSSSCCC[SiH](OC)OC(C)(N(C)C)N(C)C)OC(C)(N(C)C)N(C)C. The predicted molar refractivity (Wildman–Crippen MR) is 161 cm³/mol. The Hall–Kier alpha value is 1.51. The van der Waals surface area contributed by atoms with Crippen molar-refractivity contribution < 1.29 is 17.7 Å². The highest BCUT2D eigenvalue weighted by molar-refractivity contribution is 9.26. The van der Waals surface area contributed by atoms with Gasteiger partial charge in [-0.3, -0.25) is 19.6 Å². The Morgan fingerprint density at radius 1 is 0.588 bits per heavy atom. The van der Waals surface area contributed by atoms with Crippen LogP contribution in [0.2, 0.25) is 12.1 Å². The van der Waals surface area contributed by atoms with Gasteiger partial charge in [0, 0.05) is 25.7 Å². The van der Waals surface area contributed by atoms with Crippen LogP contribution in [0.3, 0.4) is 0 Å². The Kier molecular flexibility index (Phi) is 19.5. The molecule has 0 saturated carbocycles. The van der Waals surface area contributed by atoms with Crippen molar-refractivity contribution in [3.8, 4) is 0 Å². The van der Waals surface area contributed by atoms with Gasteiger partial charge in [-0.25, -0.2) is 0 Å². The molecule has 14 heteroatoms. The van der Waals surface area contributed by atoms with E-state index < -0.39 is 30.3 Å². The third-order valence-corrected chi connectivity index (χ3v) is 16.9. The fourth-order valence-electron chi connectivity index (χ4n) is 2.89. The van der Waals surface area contributed by atoms with Gasteiger partial charge in [0.2, 0.25) is 0 Å². The van der Waals surface area contributed by atoms with Gasteiger partial charge in [-0.2, -0.15) is 0 Å². The first-order valence-electron chi connectivity index (χ1n) is 11.5. The summed E-state index contributed by atoms with van der Waals surface area (Å²) < 4.78 is 24.2. The lowest BCUT2D eigenvalue weighted by atomic mass is 10.4. The van der Waals surface area contributed by atoms with E-state index in [1.165, 1.54) is 0 Å². The summed E-state index contributed by atoms with van der Waals surface area (Å²) >= 11 is 0. The molecule has 206 valence electrons.